The van der Waals surface area contributed by atoms with E-state index in [0.717, 1.165) is 51.4 Å². The van der Waals surface area contributed by atoms with Gasteiger partial charge < -0.3 is 59.2 Å². The zero-order chi connectivity index (χ0) is 31.4. The highest BCUT2D eigenvalue weighted by Gasteiger charge is 2.50. The van der Waals surface area contributed by atoms with Crippen molar-refractivity contribution in [2.45, 2.75) is 164 Å². The highest BCUT2D eigenvalue weighted by molar-refractivity contribution is 5.81. The number of hydrogen-bond acceptors (Lipinski definition) is 12. The Kier molecular flexibility index (Phi) is 12.3. The minimum absolute atomic E-state index is 0.134. The maximum absolute atomic E-state index is 13.6. The zero-order valence-electron chi connectivity index (χ0n) is 25.8. The van der Waals surface area contributed by atoms with E-state index >= 15 is 0 Å². The molecule has 2 saturated carbocycles. The molecule has 0 unspecified atom stereocenters. The summed E-state index contributed by atoms with van der Waals surface area (Å²) in [5.41, 5.74) is 0. The first-order chi connectivity index (χ1) is 21.2. The summed E-state index contributed by atoms with van der Waals surface area (Å²) in [5, 5.41) is 63.5. The number of ether oxygens (including phenoxy) is 5. The summed E-state index contributed by atoms with van der Waals surface area (Å²) in [7, 11) is 0. The smallest absolute Gasteiger partial charge is 0.251 e. The summed E-state index contributed by atoms with van der Waals surface area (Å²) in [5.74, 6) is 0.181. The van der Waals surface area contributed by atoms with E-state index in [1.165, 1.54) is 6.42 Å². The second kappa shape index (κ2) is 15.7. The van der Waals surface area contributed by atoms with Crippen molar-refractivity contribution >= 4 is 5.91 Å². The molecule has 6 N–H and O–H groups in total. The van der Waals surface area contributed by atoms with Crippen LogP contribution >= 0.6 is 0 Å². The molecule has 13 nitrogen and oxygen atoms in total. The molecule has 0 spiro atoms. The standard InChI is InChI=1S/C31H53NO12/c1-17-23(34)25(36)26(37)30(40-17)42-19-11-5-6-12-20(19)43-31-27(38)28(24(35)22(16-33)44-31)41-21(15-18-9-3-2-4-10-18)29(39)32-13-7-8-14-32/h17-28,30-31,33-38H,2-16H2,1H3/t17-,19+,20+,21-,22+,23+,24-,25+,26-,27+,28-,30-,31+/m0/s1. The van der Waals surface area contributed by atoms with Crippen LogP contribution in [0.25, 0.3) is 0 Å². The quantitative estimate of drug-likeness (QED) is 0.189. The van der Waals surface area contributed by atoms with E-state index in [1.807, 2.05) is 0 Å². The molecule has 0 aromatic rings. The average molecular weight is 632 g/mol. The van der Waals surface area contributed by atoms with E-state index in [0.29, 0.717) is 38.3 Å². The molecule has 3 aliphatic heterocycles. The first-order valence-corrected chi connectivity index (χ1v) is 16.7. The molecule has 3 heterocycles. The van der Waals surface area contributed by atoms with E-state index < -0.39 is 86.3 Å². The van der Waals surface area contributed by atoms with Gasteiger partial charge in [-0.05, 0) is 44.9 Å². The lowest BCUT2D eigenvalue weighted by molar-refractivity contribution is -0.345. The maximum atomic E-state index is 13.6. The molecule has 254 valence electrons. The van der Waals surface area contributed by atoms with Gasteiger partial charge >= 0.3 is 0 Å². The molecule has 5 rings (SSSR count). The Morgan fingerprint density at radius 3 is 1.95 bits per heavy atom. The molecule has 13 atom stereocenters. The summed E-state index contributed by atoms with van der Waals surface area (Å²) in [6, 6.07) is 0. The predicted molar refractivity (Wildman–Crippen MR) is 154 cm³/mol. The van der Waals surface area contributed by atoms with Gasteiger partial charge in [-0.15, -0.1) is 0 Å². The zero-order valence-corrected chi connectivity index (χ0v) is 25.8. The first-order valence-electron chi connectivity index (χ1n) is 16.7. The first kappa shape index (κ1) is 34.4. The molecule has 0 aromatic carbocycles. The molecule has 13 heteroatoms. The molecule has 5 aliphatic rings. The van der Waals surface area contributed by atoms with Gasteiger partial charge in [-0.1, -0.05) is 44.9 Å². The number of nitrogens with zero attached hydrogens (tertiary/aromatic N) is 1. The van der Waals surface area contributed by atoms with Crippen molar-refractivity contribution in [3.63, 3.8) is 0 Å². The number of aliphatic hydroxyl groups is 6. The molecule has 1 amide bonds. The SMILES string of the molecule is C[C@@H]1O[C@@H](O[C@@H]2CCCC[C@H]2O[C@@H]2O[C@H](CO)[C@H](O)[C@H](O[C@@H](CC3CCCCC3)C(=O)N3CCCC3)[C@H]2O)[C@@H](O)[C@H](O)[C@@H]1O. The van der Waals surface area contributed by atoms with Gasteiger partial charge in [0.2, 0.25) is 0 Å². The van der Waals surface area contributed by atoms with Gasteiger partial charge in [0.05, 0.1) is 24.9 Å². The van der Waals surface area contributed by atoms with Crippen LogP contribution < -0.4 is 0 Å². The van der Waals surface area contributed by atoms with Gasteiger partial charge in [-0.25, -0.2) is 0 Å². The fourth-order valence-corrected chi connectivity index (χ4v) is 7.44. The summed E-state index contributed by atoms with van der Waals surface area (Å²) < 4.78 is 30.2. The van der Waals surface area contributed by atoms with Gasteiger partial charge in [0.25, 0.3) is 5.91 Å². The van der Waals surface area contributed by atoms with Crippen molar-refractivity contribution in [3.8, 4) is 0 Å². The number of rotatable bonds is 10. The predicted octanol–water partition coefficient (Wildman–Crippen LogP) is -0.0561. The second-order valence-electron chi connectivity index (χ2n) is 13.4. The van der Waals surface area contributed by atoms with Crippen LogP contribution in [0, 0.1) is 5.92 Å². The van der Waals surface area contributed by atoms with E-state index in [1.54, 1.807) is 11.8 Å². The molecule has 5 fully saturated rings. The van der Waals surface area contributed by atoms with Crippen LogP contribution in [0.5, 0.6) is 0 Å². The summed E-state index contributed by atoms with van der Waals surface area (Å²) in [4.78, 5) is 15.4. The van der Waals surface area contributed by atoms with Gasteiger partial charge in [0.15, 0.2) is 12.6 Å². The van der Waals surface area contributed by atoms with E-state index in [-0.39, 0.29) is 5.91 Å². The lowest BCUT2D eigenvalue weighted by Gasteiger charge is -2.46. The van der Waals surface area contributed by atoms with Gasteiger partial charge in [0.1, 0.15) is 48.8 Å². The van der Waals surface area contributed by atoms with Crippen LogP contribution in [0.4, 0.5) is 0 Å². The number of hydrogen-bond donors (Lipinski definition) is 6. The van der Waals surface area contributed by atoms with E-state index in [9.17, 15) is 35.4 Å². The minimum Gasteiger partial charge on any atom is -0.394 e. The monoisotopic (exact) mass is 631 g/mol. The van der Waals surface area contributed by atoms with Crippen LogP contribution in [0.15, 0.2) is 0 Å². The maximum Gasteiger partial charge on any atom is 0.251 e. The molecular formula is C31H53NO12. The van der Waals surface area contributed by atoms with Gasteiger partial charge in [-0.2, -0.15) is 0 Å². The molecule has 0 aromatic heterocycles. The molecule has 0 radical (unpaired) electrons. The third kappa shape index (κ3) is 7.93. The number of amides is 1. The molecule has 2 aliphatic carbocycles. The Hall–Kier alpha value is -0.970. The van der Waals surface area contributed by atoms with Crippen LogP contribution in [-0.4, -0.2) is 141 Å². The van der Waals surface area contributed by atoms with Crippen molar-refractivity contribution < 1.29 is 59.1 Å². The third-order valence-corrected chi connectivity index (χ3v) is 10.2. The lowest BCUT2D eigenvalue weighted by Crippen LogP contribution is -2.63. The van der Waals surface area contributed by atoms with Crippen LogP contribution in [-0.2, 0) is 28.5 Å². The molecule has 3 saturated heterocycles. The Bertz CT molecular complexity index is 901. The third-order valence-electron chi connectivity index (χ3n) is 10.2. The highest BCUT2D eigenvalue weighted by atomic mass is 16.7. The van der Waals surface area contributed by atoms with E-state index in [2.05, 4.69) is 0 Å². The normalized spacial score (nSPS) is 43.2. The minimum atomic E-state index is -1.47. The Labute approximate surface area is 259 Å². The Morgan fingerprint density at radius 2 is 1.34 bits per heavy atom. The summed E-state index contributed by atoms with van der Waals surface area (Å²) in [6.45, 7) is 2.34. The second-order valence-corrected chi connectivity index (χ2v) is 13.4. The van der Waals surface area contributed by atoms with E-state index in [4.69, 9.17) is 23.7 Å². The van der Waals surface area contributed by atoms with Crippen molar-refractivity contribution in [2.75, 3.05) is 19.7 Å². The average Bonchev–Trinajstić information content (AvgIpc) is 3.58. The van der Waals surface area contributed by atoms with Crippen LogP contribution in [0.3, 0.4) is 0 Å². The molecule has 44 heavy (non-hydrogen) atoms. The molecule has 0 bridgehead atoms. The lowest BCUT2D eigenvalue weighted by atomic mass is 9.85. The van der Waals surface area contributed by atoms with Gasteiger partial charge in [0, 0.05) is 13.1 Å². The summed E-state index contributed by atoms with van der Waals surface area (Å²) >= 11 is 0. The summed E-state index contributed by atoms with van der Waals surface area (Å²) in [6.07, 6.45) is -4.23. The number of aliphatic hydroxyl groups excluding tert-OH is 6. The van der Waals surface area contributed by atoms with Crippen LogP contribution in [0.1, 0.15) is 84.0 Å². The topological polar surface area (TPSA) is 188 Å². The fourth-order valence-electron chi connectivity index (χ4n) is 7.44. The Balaban J connectivity index is 1.29. The largest absolute Gasteiger partial charge is 0.394 e. The molecular weight excluding hydrogens is 578 g/mol. The van der Waals surface area contributed by atoms with Crippen molar-refractivity contribution in [2.24, 2.45) is 5.92 Å². The van der Waals surface area contributed by atoms with Crippen molar-refractivity contribution in [3.05, 3.63) is 0 Å². The van der Waals surface area contributed by atoms with Crippen molar-refractivity contribution in [1.29, 1.82) is 0 Å². The fraction of sp³-hybridized carbons (Fsp3) is 0.968. The van der Waals surface area contributed by atoms with Crippen LogP contribution in [0.2, 0.25) is 0 Å². The Morgan fingerprint density at radius 1 is 0.750 bits per heavy atom. The number of carbonyl (C=O) groups is 1. The number of carbonyl (C=O) groups excluding carboxylic acids is 1. The van der Waals surface area contributed by atoms with Crippen molar-refractivity contribution in [1.82, 2.24) is 4.90 Å². The highest BCUT2D eigenvalue weighted by Crippen LogP contribution is 2.35. The van der Waals surface area contributed by atoms with Gasteiger partial charge in [-0.3, -0.25) is 4.79 Å². The number of likely N-dealkylation sites (tertiary alicyclic amines) is 1.